The molecule has 1 unspecified atom stereocenters. The molecule has 1 fully saturated rings. The summed E-state index contributed by atoms with van der Waals surface area (Å²) >= 11 is 0. The molecule has 0 spiro atoms. The highest BCUT2D eigenvalue weighted by Gasteiger charge is 2.45. The van der Waals surface area contributed by atoms with Crippen molar-refractivity contribution in [1.82, 2.24) is 15.5 Å². The average molecular weight is 717 g/mol. The van der Waals surface area contributed by atoms with E-state index in [1.165, 1.54) is 12.1 Å². The largest absolute Gasteiger partial charge is 0.447 e. The molecule has 0 saturated carbocycles. The van der Waals surface area contributed by atoms with Crippen LogP contribution in [-0.4, -0.2) is 118 Å². The number of imide groups is 2. The van der Waals surface area contributed by atoms with Crippen molar-refractivity contribution in [2.24, 2.45) is 0 Å². The Morgan fingerprint density at radius 3 is 2.02 bits per heavy atom. The number of hydrogen-bond donors (Lipinski definition) is 3. The van der Waals surface area contributed by atoms with Crippen molar-refractivity contribution in [2.45, 2.75) is 18.9 Å². The number of fused-ring (bicyclic) bond motifs is 3. The summed E-state index contributed by atoms with van der Waals surface area (Å²) in [5.41, 5.74) is 1.43. The summed E-state index contributed by atoms with van der Waals surface area (Å²) in [4.78, 5) is 88.7. The molecule has 1 aliphatic carbocycles. The van der Waals surface area contributed by atoms with Gasteiger partial charge in [0.15, 0.2) is 17.3 Å². The number of anilines is 1. The number of nitrogens with one attached hydrogen (secondary N) is 3. The molecular weight excluding hydrogens is 680 g/mol. The van der Waals surface area contributed by atoms with Gasteiger partial charge in [-0.1, -0.05) is 30.3 Å². The lowest BCUT2D eigenvalue weighted by Crippen LogP contribution is -2.54. The highest BCUT2D eigenvalue weighted by molar-refractivity contribution is 6.28. The van der Waals surface area contributed by atoms with Crippen LogP contribution < -0.4 is 16.0 Å². The summed E-state index contributed by atoms with van der Waals surface area (Å²) < 4.78 is 27.4. The lowest BCUT2D eigenvalue weighted by molar-refractivity contribution is -0.136. The van der Waals surface area contributed by atoms with Crippen LogP contribution in [0.1, 0.15) is 76.2 Å². The van der Waals surface area contributed by atoms with Gasteiger partial charge in [-0.3, -0.25) is 43.8 Å². The molecule has 2 aromatic carbocycles. The molecule has 52 heavy (non-hydrogen) atoms. The Balaban J connectivity index is 0.776. The summed E-state index contributed by atoms with van der Waals surface area (Å²) in [5.74, 6) is -3.87. The normalized spacial score (nSPS) is 16.5. The van der Waals surface area contributed by atoms with Crippen molar-refractivity contribution < 1.29 is 56.9 Å². The molecule has 16 nitrogen and oxygen atoms in total. The van der Waals surface area contributed by atoms with Crippen molar-refractivity contribution >= 4 is 46.8 Å². The van der Waals surface area contributed by atoms with Crippen LogP contribution in [0.3, 0.4) is 0 Å². The number of ether oxygens (including phenoxy) is 4. The summed E-state index contributed by atoms with van der Waals surface area (Å²) in [6.07, 6.45) is 0.136. The maximum atomic E-state index is 13.2. The zero-order chi connectivity index (χ0) is 36.6. The zero-order valence-electron chi connectivity index (χ0n) is 28.0. The van der Waals surface area contributed by atoms with Crippen molar-refractivity contribution in [1.29, 1.82) is 0 Å². The van der Waals surface area contributed by atoms with Gasteiger partial charge in [0.2, 0.25) is 17.6 Å². The van der Waals surface area contributed by atoms with Crippen LogP contribution >= 0.6 is 0 Å². The molecule has 0 bridgehead atoms. The molecule has 3 aromatic rings. The standard InChI is InChI=1S/C36H36N4O12/c41-28-9-8-26(33(44)39-28)40-35(46)23-6-3-7-25(29(23)36(40)47)37-10-12-48-14-16-50-18-19-51-17-15-49-13-11-38-34(45)27-20-24-30(42)21-4-1-2-5-22(21)31(43)32(24)52-27/h1-7,20,26,37H,8-19H2,(H,38,45)(H,39,41,44). The molecule has 3 N–H and O–H groups in total. The van der Waals surface area contributed by atoms with E-state index in [9.17, 15) is 33.6 Å². The molecule has 1 atom stereocenters. The van der Waals surface area contributed by atoms with E-state index >= 15 is 0 Å². The summed E-state index contributed by atoms with van der Waals surface area (Å²) in [5, 5.41) is 7.93. The molecule has 16 heteroatoms. The molecule has 1 saturated heterocycles. The fraction of sp³-hybridized carbons (Fsp3) is 0.361. The van der Waals surface area contributed by atoms with Crippen LogP contribution in [0, 0.1) is 0 Å². The molecule has 0 radical (unpaired) electrons. The number of ketones is 2. The Bertz CT molecular complexity index is 1850. The first-order valence-electron chi connectivity index (χ1n) is 16.8. The van der Waals surface area contributed by atoms with Crippen LogP contribution in [0.5, 0.6) is 0 Å². The molecule has 3 aliphatic rings. The second-order valence-corrected chi connectivity index (χ2v) is 11.9. The first-order chi connectivity index (χ1) is 25.3. The molecular formula is C36H36N4O12. The fourth-order valence-corrected chi connectivity index (χ4v) is 5.99. The van der Waals surface area contributed by atoms with Gasteiger partial charge in [-0.05, 0) is 18.6 Å². The number of piperidine rings is 1. The maximum Gasteiger partial charge on any atom is 0.287 e. The van der Waals surface area contributed by atoms with Crippen LogP contribution in [0.15, 0.2) is 52.9 Å². The van der Waals surface area contributed by atoms with E-state index in [1.54, 1.807) is 36.4 Å². The third-order valence-electron chi connectivity index (χ3n) is 8.50. The molecule has 5 amide bonds. The Labute approximate surface area is 297 Å². The van der Waals surface area contributed by atoms with Crippen LogP contribution in [-0.2, 0) is 28.5 Å². The van der Waals surface area contributed by atoms with E-state index in [2.05, 4.69) is 16.0 Å². The van der Waals surface area contributed by atoms with E-state index in [4.69, 9.17) is 23.4 Å². The van der Waals surface area contributed by atoms with Crippen LogP contribution in [0.4, 0.5) is 5.69 Å². The molecule has 3 heterocycles. The monoisotopic (exact) mass is 716 g/mol. The first-order valence-corrected chi connectivity index (χ1v) is 16.8. The SMILES string of the molecule is O=C1CCC(N2C(=O)c3cccc(NCCOCCOCCOCCOCCNC(=O)c4cc5c(o4)C(=O)c4ccccc4C5=O)c3C2=O)C(=O)N1. The predicted molar refractivity (Wildman–Crippen MR) is 179 cm³/mol. The van der Waals surface area contributed by atoms with Gasteiger partial charge in [0.25, 0.3) is 17.7 Å². The van der Waals surface area contributed by atoms with Crippen molar-refractivity contribution in [3.63, 3.8) is 0 Å². The lowest BCUT2D eigenvalue weighted by atomic mass is 9.89. The highest BCUT2D eigenvalue weighted by atomic mass is 16.6. The minimum absolute atomic E-state index is 0.0499. The number of rotatable bonds is 18. The summed E-state index contributed by atoms with van der Waals surface area (Å²) in [6, 6.07) is 11.6. The minimum Gasteiger partial charge on any atom is -0.447 e. The second kappa shape index (κ2) is 16.6. The number of carbonyl (C=O) groups excluding carboxylic acids is 7. The van der Waals surface area contributed by atoms with Gasteiger partial charge in [0.05, 0.1) is 69.5 Å². The van der Waals surface area contributed by atoms with E-state index in [-0.39, 0.29) is 71.1 Å². The van der Waals surface area contributed by atoms with Gasteiger partial charge in [0.1, 0.15) is 6.04 Å². The first kappa shape index (κ1) is 36.2. The topological polar surface area (TPSA) is 209 Å². The van der Waals surface area contributed by atoms with Crippen LogP contribution in [0.2, 0.25) is 0 Å². The fourth-order valence-electron chi connectivity index (χ4n) is 5.99. The number of nitrogens with zero attached hydrogens (tertiary/aromatic N) is 1. The average Bonchev–Trinajstić information content (AvgIpc) is 3.70. The Kier molecular flexibility index (Phi) is 11.6. The Morgan fingerprint density at radius 2 is 1.35 bits per heavy atom. The number of amides is 5. The van der Waals surface area contributed by atoms with Gasteiger partial charge < -0.3 is 34.0 Å². The highest BCUT2D eigenvalue weighted by Crippen LogP contribution is 2.32. The molecule has 2 aliphatic heterocycles. The van der Waals surface area contributed by atoms with E-state index in [0.29, 0.717) is 58.5 Å². The molecule has 1 aromatic heterocycles. The third kappa shape index (κ3) is 7.84. The number of carbonyl (C=O) groups is 7. The third-order valence-corrected chi connectivity index (χ3v) is 8.50. The van der Waals surface area contributed by atoms with Gasteiger partial charge in [-0.25, -0.2) is 0 Å². The zero-order valence-corrected chi connectivity index (χ0v) is 28.0. The summed E-state index contributed by atoms with van der Waals surface area (Å²) in [6.45, 7) is 3.00. The quantitative estimate of drug-likeness (QED) is 0.0983. The smallest absolute Gasteiger partial charge is 0.287 e. The molecule has 6 rings (SSSR count). The number of hydrogen-bond acceptors (Lipinski definition) is 13. The van der Waals surface area contributed by atoms with Gasteiger partial charge in [0, 0.05) is 42.4 Å². The van der Waals surface area contributed by atoms with E-state index in [1.807, 2.05) is 0 Å². The minimum atomic E-state index is -1.03. The molecule has 272 valence electrons. The van der Waals surface area contributed by atoms with Gasteiger partial charge >= 0.3 is 0 Å². The number of furan rings is 1. The summed E-state index contributed by atoms with van der Waals surface area (Å²) in [7, 11) is 0. The van der Waals surface area contributed by atoms with Gasteiger partial charge in [-0.2, -0.15) is 0 Å². The second-order valence-electron chi connectivity index (χ2n) is 11.9. The van der Waals surface area contributed by atoms with Crippen molar-refractivity contribution in [2.75, 3.05) is 71.3 Å². The number of benzene rings is 2. The van der Waals surface area contributed by atoms with E-state index < -0.39 is 41.4 Å². The van der Waals surface area contributed by atoms with Crippen molar-refractivity contribution in [3.8, 4) is 0 Å². The Morgan fingerprint density at radius 1 is 0.731 bits per heavy atom. The van der Waals surface area contributed by atoms with Crippen LogP contribution in [0.25, 0.3) is 0 Å². The van der Waals surface area contributed by atoms with Crippen molar-refractivity contribution in [3.05, 3.63) is 87.9 Å². The van der Waals surface area contributed by atoms with E-state index in [0.717, 1.165) is 4.90 Å². The lowest BCUT2D eigenvalue weighted by Gasteiger charge is -2.27. The Hall–Kier alpha value is -5.55. The predicted octanol–water partition coefficient (Wildman–Crippen LogP) is 1.36. The maximum absolute atomic E-state index is 13.2. The van der Waals surface area contributed by atoms with Gasteiger partial charge in [-0.15, -0.1) is 0 Å².